The molecule has 1 saturated carbocycles. The van der Waals surface area contributed by atoms with Gasteiger partial charge in [0.25, 0.3) is 0 Å². The summed E-state index contributed by atoms with van der Waals surface area (Å²) in [7, 11) is 1.92. The summed E-state index contributed by atoms with van der Waals surface area (Å²) in [4.78, 5) is 0. The van der Waals surface area contributed by atoms with Gasteiger partial charge in [-0.25, -0.2) is 0 Å². The minimum absolute atomic E-state index is 0.0967. The molecule has 1 N–H and O–H groups in total. The molecule has 0 amide bonds. The maximum absolute atomic E-state index is 6.04. The molecular weight excluding hydrogens is 234 g/mol. The highest BCUT2D eigenvalue weighted by atomic mass is 16.5. The zero-order valence-corrected chi connectivity index (χ0v) is 13.8. The molecule has 0 saturated heterocycles. The van der Waals surface area contributed by atoms with Gasteiger partial charge in [-0.15, -0.1) is 0 Å². The number of hydrogen-bond donors (Lipinski definition) is 1. The Bertz CT molecular complexity index is 231. The van der Waals surface area contributed by atoms with Crippen LogP contribution in [0.5, 0.6) is 0 Å². The molecule has 1 atom stereocenters. The van der Waals surface area contributed by atoms with E-state index >= 15 is 0 Å². The summed E-state index contributed by atoms with van der Waals surface area (Å²) in [5, 5.41) is 3.71. The third kappa shape index (κ3) is 5.07. The molecule has 0 heterocycles. The molecular formula is C17H35NO. The fraction of sp³-hybridized carbons (Fsp3) is 1.00. The number of methoxy groups -OCH3 is 1. The summed E-state index contributed by atoms with van der Waals surface area (Å²) < 4.78 is 6.04. The maximum Gasteiger partial charge on any atom is 0.0831 e. The van der Waals surface area contributed by atoms with E-state index in [9.17, 15) is 0 Å². The van der Waals surface area contributed by atoms with E-state index in [-0.39, 0.29) is 5.60 Å². The third-order valence-electron chi connectivity index (χ3n) is 4.89. The lowest BCUT2D eigenvalue weighted by atomic mass is 9.74. The molecule has 1 rings (SSSR count). The maximum atomic E-state index is 6.04. The van der Waals surface area contributed by atoms with Crippen molar-refractivity contribution in [3.05, 3.63) is 0 Å². The Balaban J connectivity index is 2.60. The Kier molecular flexibility index (Phi) is 7.38. The Hall–Kier alpha value is -0.0800. The summed E-state index contributed by atoms with van der Waals surface area (Å²) in [6, 6.07) is 0.536. The van der Waals surface area contributed by atoms with Gasteiger partial charge in [-0.1, -0.05) is 40.5 Å². The van der Waals surface area contributed by atoms with Crippen molar-refractivity contribution in [3.8, 4) is 0 Å². The first kappa shape index (κ1) is 17.0. The molecule has 0 aliphatic heterocycles. The minimum atomic E-state index is 0.0967. The second kappa shape index (κ2) is 8.26. The second-order valence-corrected chi connectivity index (χ2v) is 6.89. The van der Waals surface area contributed by atoms with Crippen LogP contribution in [0.2, 0.25) is 0 Å². The van der Waals surface area contributed by atoms with Crippen LogP contribution in [0.15, 0.2) is 0 Å². The van der Waals surface area contributed by atoms with Crippen molar-refractivity contribution in [3.63, 3.8) is 0 Å². The molecule has 1 aliphatic rings. The lowest BCUT2D eigenvalue weighted by molar-refractivity contribution is -0.0766. The first-order valence-electron chi connectivity index (χ1n) is 8.32. The second-order valence-electron chi connectivity index (χ2n) is 6.89. The van der Waals surface area contributed by atoms with Gasteiger partial charge < -0.3 is 10.1 Å². The van der Waals surface area contributed by atoms with Crippen molar-refractivity contribution >= 4 is 0 Å². The molecule has 0 spiro atoms. The topological polar surface area (TPSA) is 21.3 Å². The van der Waals surface area contributed by atoms with Gasteiger partial charge >= 0.3 is 0 Å². The summed E-state index contributed by atoms with van der Waals surface area (Å²) in [5.41, 5.74) is 0.0967. The van der Waals surface area contributed by atoms with E-state index < -0.39 is 0 Å². The Morgan fingerprint density at radius 3 is 2.32 bits per heavy atom. The van der Waals surface area contributed by atoms with Crippen molar-refractivity contribution in [2.75, 3.05) is 13.7 Å². The van der Waals surface area contributed by atoms with Crippen LogP contribution in [-0.4, -0.2) is 25.3 Å². The van der Waals surface area contributed by atoms with Gasteiger partial charge in [0.05, 0.1) is 5.60 Å². The fourth-order valence-electron chi connectivity index (χ4n) is 3.47. The summed E-state index contributed by atoms with van der Waals surface area (Å²) in [6.45, 7) is 10.3. The molecule has 0 aromatic rings. The molecule has 2 heteroatoms. The van der Waals surface area contributed by atoms with Crippen LogP contribution in [0.25, 0.3) is 0 Å². The number of rotatable bonds is 8. The van der Waals surface area contributed by atoms with Crippen molar-refractivity contribution in [1.29, 1.82) is 0 Å². The van der Waals surface area contributed by atoms with Gasteiger partial charge in [0.2, 0.25) is 0 Å². The smallest absolute Gasteiger partial charge is 0.0831 e. The molecule has 1 fully saturated rings. The van der Waals surface area contributed by atoms with Gasteiger partial charge in [0.15, 0.2) is 0 Å². The van der Waals surface area contributed by atoms with E-state index in [1.165, 1.54) is 44.9 Å². The SMILES string of the molecule is CCNC(CCCC(C)C)C1(OC)CCC(C)CC1. The van der Waals surface area contributed by atoms with Gasteiger partial charge in [0.1, 0.15) is 0 Å². The van der Waals surface area contributed by atoms with Gasteiger partial charge in [-0.3, -0.25) is 0 Å². The number of nitrogens with one attached hydrogen (secondary N) is 1. The zero-order chi connectivity index (χ0) is 14.3. The fourth-order valence-corrected chi connectivity index (χ4v) is 3.47. The van der Waals surface area contributed by atoms with Crippen LogP contribution in [0.1, 0.15) is 72.6 Å². The molecule has 0 radical (unpaired) electrons. The highest BCUT2D eigenvalue weighted by Crippen LogP contribution is 2.38. The normalized spacial score (nSPS) is 29.7. The number of likely N-dealkylation sites (N-methyl/N-ethyl adjacent to an activating group) is 1. The average Bonchev–Trinajstić information content (AvgIpc) is 2.39. The van der Waals surface area contributed by atoms with Gasteiger partial charge in [-0.2, -0.15) is 0 Å². The summed E-state index contributed by atoms with van der Waals surface area (Å²) >= 11 is 0. The molecule has 0 aromatic heterocycles. The van der Waals surface area contributed by atoms with E-state index in [0.717, 1.165) is 18.4 Å². The van der Waals surface area contributed by atoms with Gasteiger partial charge in [-0.05, 0) is 50.5 Å². The van der Waals surface area contributed by atoms with E-state index in [4.69, 9.17) is 4.74 Å². The molecule has 1 unspecified atom stereocenters. The number of ether oxygens (including phenoxy) is 1. The first-order chi connectivity index (χ1) is 9.04. The number of hydrogen-bond acceptors (Lipinski definition) is 2. The predicted octanol–water partition coefficient (Wildman–Crippen LogP) is 4.39. The first-order valence-corrected chi connectivity index (χ1v) is 8.32. The largest absolute Gasteiger partial charge is 0.377 e. The molecule has 0 bridgehead atoms. The van der Waals surface area contributed by atoms with Crippen molar-refractivity contribution in [2.45, 2.75) is 84.3 Å². The van der Waals surface area contributed by atoms with E-state index in [1.807, 2.05) is 7.11 Å². The van der Waals surface area contributed by atoms with Gasteiger partial charge in [0, 0.05) is 13.2 Å². The lowest BCUT2D eigenvalue weighted by Crippen LogP contribution is -2.53. The summed E-state index contributed by atoms with van der Waals surface area (Å²) in [6.07, 6.45) is 9.00. The third-order valence-corrected chi connectivity index (χ3v) is 4.89. The molecule has 0 aromatic carbocycles. The molecule has 114 valence electrons. The predicted molar refractivity (Wildman–Crippen MR) is 83.5 cm³/mol. The monoisotopic (exact) mass is 269 g/mol. The zero-order valence-electron chi connectivity index (χ0n) is 13.8. The van der Waals surface area contributed by atoms with Crippen LogP contribution < -0.4 is 5.32 Å². The van der Waals surface area contributed by atoms with E-state index in [1.54, 1.807) is 0 Å². The van der Waals surface area contributed by atoms with Crippen LogP contribution in [0, 0.1) is 11.8 Å². The minimum Gasteiger partial charge on any atom is -0.377 e. The highest BCUT2D eigenvalue weighted by molar-refractivity contribution is 4.96. The Morgan fingerprint density at radius 1 is 1.21 bits per heavy atom. The van der Waals surface area contributed by atoms with Crippen molar-refractivity contribution in [2.24, 2.45) is 11.8 Å². The van der Waals surface area contributed by atoms with Crippen LogP contribution in [-0.2, 0) is 4.74 Å². The lowest BCUT2D eigenvalue weighted by Gasteiger charge is -2.44. The molecule has 1 aliphatic carbocycles. The standard InChI is InChI=1S/C17H35NO/c1-6-18-16(9-7-8-14(2)3)17(19-5)12-10-15(4)11-13-17/h14-16,18H,6-13H2,1-5H3. The van der Waals surface area contributed by atoms with Crippen LogP contribution in [0.4, 0.5) is 0 Å². The van der Waals surface area contributed by atoms with Crippen LogP contribution in [0.3, 0.4) is 0 Å². The summed E-state index contributed by atoms with van der Waals surface area (Å²) in [5.74, 6) is 1.69. The van der Waals surface area contributed by atoms with Crippen molar-refractivity contribution < 1.29 is 4.74 Å². The molecule has 19 heavy (non-hydrogen) atoms. The molecule has 2 nitrogen and oxygen atoms in total. The van der Waals surface area contributed by atoms with Crippen LogP contribution >= 0.6 is 0 Å². The van der Waals surface area contributed by atoms with E-state index in [0.29, 0.717) is 6.04 Å². The Labute approximate surface area is 120 Å². The van der Waals surface area contributed by atoms with Crippen molar-refractivity contribution in [1.82, 2.24) is 5.32 Å². The quantitative estimate of drug-likeness (QED) is 0.706. The Morgan fingerprint density at radius 2 is 1.84 bits per heavy atom. The highest BCUT2D eigenvalue weighted by Gasteiger charge is 2.40. The van der Waals surface area contributed by atoms with E-state index in [2.05, 4.69) is 33.0 Å². The average molecular weight is 269 g/mol.